The van der Waals surface area contributed by atoms with E-state index < -0.39 is 0 Å². The molecular formula is C14H12ClNO3S. The number of hydrogen-bond donors (Lipinski definition) is 0. The van der Waals surface area contributed by atoms with Gasteiger partial charge in [0.15, 0.2) is 13.0 Å². The van der Waals surface area contributed by atoms with Gasteiger partial charge in [-0.1, -0.05) is 23.4 Å². The third kappa shape index (κ3) is 2.85. The minimum absolute atomic E-state index is 0.249. The Morgan fingerprint density at radius 1 is 1.35 bits per heavy atom. The Bertz CT molecular complexity index is 636. The Balaban J connectivity index is 1.84. The van der Waals surface area contributed by atoms with Crippen LogP contribution in [-0.2, 0) is 17.1 Å². The molecule has 20 heavy (non-hydrogen) atoms. The van der Waals surface area contributed by atoms with Gasteiger partial charge in [-0.05, 0) is 18.2 Å². The van der Waals surface area contributed by atoms with Crippen LogP contribution >= 0.6 is 23.4 Å². The Morgan fingerprint density at radius 3 is 3.10 bits per heavy atom. The van der Waals surface area contributed by atoms with Crippen LogP contribution in [0.3, 0.4) is 0 Å². The highest BCUT2D eigenvalue weighted by atomic mass is 35.5. The van der Waals surface area contributed by atoms with Gasteiger partial charge in [0.1, 0.15) is 5.75 Å². The highest BCUT2D eigenvalue weighted by molar-refractivity contribution is 7.98. The molecule has 0 unspecified atom stereocenters. The van der Waals surface area contributed by atoms with Crippen molar-refractivity contribution in [1.29, 1.82) is 0 Å². The van der Waals surface area contributed by atoms with E-state index in [-0.39, 0.29) is 6.79 Å². The van der Waals surface area contributed by atoms with Gasteiger partial charge in [0.05, 0.1) is 6.61 Å². The molecule has 4 nitrogen and oxygen atoms in total. The number of hydrogen-bond acceptors (Lipinski definition) is 4. The fourth-order valence-electron chi connectivity index (χ4n) is 2.04. The lowest BCUT2D eigenvalue weighted by Crippen LogP contribution is -2.27. The first-order valence-electron chi connectivity index (χ1n) is 6.07. The zero-order valence-electron chi connectivity index (χ0n) is 10.5. The number of thioether (sulfide) groups is 1. The molecule has 2 aromatic rings. The summed E-state index contributed by atoms with van der Waals surface area (Å²) in [6, 6.07) is 9.06. The van der Waals surface area contributed by atoms with Crippen LogP contribution in [0.5, 0.6) is 5.75 Å². The van der Waals surface area contributed by atoms with Gasteiger partial charge in [0.25, 0.3) is 5.03 Å². The molecule has 0 aliphatic carbocycles. The van der Waals surface area contributed by atoms with Crippen LogP contribution in [0.25, 0.3) is 0 Å². The van der Waals surface area contributed by atoms with Gasteiger partial charge in [-0.3, -0.25) is 0 Å². The molecule has 0 fully saturated rings. The first-order chi connectivity index (χ1) is 9.74. The maximum atomic E-state index is 11.6. The first-order valence-corrected chi connectivity index (χ1v) is 7.43. The van der Waals surface area contributed by atoms with E-state index in [0.717, 1.165) is 21.6 Å². The molecule has 1 aromatic carbocycles. The van der Waals surface area contributed by atoms with E-state index in [0.29, 0.717) is 22.4 Å². The summed E-state index contributed by atoms with van der Waals surface area (Å²) in [5.41, 5.74) is 1.92. The fourth-order valence-corrected chi connectivity index (χ4v) is 3.18. The number of halogens is 1. The lowest BCUT2D eigenvalue weighted by Gasteiger charge is -2.20. The normalized spacial score (nSPS) is 13.7. The van der Waals surface area contributed by atoms with Crippen molar-refractivity contribution in [3.63, 3.8) is 0 Å². The molecule has 0 saturated heterocycles. The quantitative estimate of drug-likeness (QED) is 0.496. The van der Waals surface area contributed by atoms with Crippen LogP contribution in [0.15, 0.2) is 41.6 Å². The molecule has 104 valence electrons. The SMILES string of the molecule is [O-][n+]1ccccc1SCc1cc(Cl)cc2c1OCOC2. The minimum Gasteiger partial charge on any atom is -0.618 e. The number of nitrogens with zero attached hydrogens (tertiary/aromatic N) is 1. The van der Waals surface area contributed by atoms with E-state index in [1.165, 1.54) is 18.0 Å². The van der Waals surface area contributed by atoms with Gasteiger partial charge in [0, 0.05) is 34.0 Å². The molecule has 3 rings (SSSR count). The molecule has 0 N–H and O–H groups in total. The summed E-state index contributed by atoms with van der Waals surface area (Å²) >= 11 is 7.56. The van der Waals surface area contributed by atoms with Crippen molar-refractivity contribution in [2.45, 2.75) is 17.4 Å². The van der Waals surface area contributed by atoms with Crippen molar-refractivity contribution in [1.82, 2.24) is 0 Å². The summed E-state index contributed by atoms with van der Waals surface area (Å²) in [5, 5.41) is 12.9. The molecule has 2 heterocycles. The van der Waals surface area contributed by atoms with Crippen molar-refractivity contribution in [3.05, 3.63) is 57.9 Å². The Morgan fingerprint density at radius 2 is 2.25 bits per heavy atom. The molecule has 0 bridgehead atoms. The summed E-state index contributed by atoms with van der Waals surface area (Å²) in [6.45, 7) is 0.750. The molecule has 0 atom stereocenters. The third-order valence-electron chi connectivity index (χ3n) is 2.92. The van der Waals surface area contributed by atoms with Gasteiger partial charge in [-0.2, -0.15) is 4.73 Å². The minimum atomic E-state index is 0.249. The zero-order valence-corrected chi connectivity index (χ0v) is 12.1. The lowest BCUT2D eigenvalue weighted by atomic mass is 10.1. The molecule has 0 radical (unpaired) electrons. The highest BCUT2D eigenvalue weighted by Crippen LogP contribution is 2.34. The third-order valence-corrected chi connectivity index (χ3v) is 4.20. The molecule has 6 heteroatoms. The summed E-state index contributed by atoms with van der Waals surface area (Å²) < 4.78 is 11.6. The second-order valence-electron chi connectivity index (χ2n) is 4.32. The van der Waals surface area contributed by atoms with Gasteiger partial charge in [0.2, 0.25) is 0 Å². The fraction of sp³-hybridized carbons (Fsp3) is 0.214. The lowest BCUT2D eigenvalue weighted by molar-refractivity contribution is -0.645. The number of benzene rings is 1. The van der Waals surface area contributed by atoms with E-state index >= 15 is 0 Å². The van der Waals surface area contributed by atoms with Crippen LogP contribution < -0.4 is 9.47 Å². The Kier molecular flexibility index (Phi) is 4.00. The molecule has 1 aliphatic rings. The number of rotatable bonds is 3. The van der Waals surface area contributed by atoms with E-state index in [2.05, 4.69) is 0 Å². The summed E-state index contributed by atoms with van der Waals surface area (Å²) in [6.07, 6.45) is 1.49. The van der Waals surface area contributed by atoms with Gasteiger partial charge in [-0.25, -0.2) is 0 Å². The van der Waals surface area contributed by atoms with Crippen LogP contribution in [0.4, 0.5) is 0 Å². The average Bonchev–Trinajstić information content (AvgIpc) is 2.46. The summed E-state index contributed by atoms with van der Waals surface area (Å²) in [4.78, 5) is 0. The standard InChI is InChI=1S/C14H12ClNO3S/c15-12-5-10-7-18-9-19-14(10)11(6-12)8-20-13-3-1-2-4-16(13)17/h1-6H,7-9H2. The molecule has 1 aromatic heterocycles. The van der Waals surface area contributed by atoms with Gasteiger partial charge < -0.3 is 14.7 Å². The van der Waals surface area contributed by atoms with Crippen LogP contribution in [-0.4, -0.2) is 6.79 Å². The zero-order chi connectivity index (χ0) is 13.9. The van der Waals surface area contributed by atoms with Crippen LogP contribution in [0.2, 0.25) is 5.02 Å². The largest absolute Gasteiger partial charge is 0.618 e. The number of pyridine rings is 1. The monoisotopic (exact) mass is 309 g/mol. The molecule has 0 saturated carbocycles. The van der Waals surface area contributed by atoms with E-state index in [1.54, 1.807) is 12.1 Å². The van der Waals surface area contributed by atoms with Crippen molar-refractivity contribution in [2.75, 3.05) is 6.79 Å². The van der Waals surface area contributed by atoms with E-state index in [9.17, 15) is 5.21 Å². The van der Waals surface area contributed by atoms with Gasteiger partial charge >= 0.3 is 0 Å². The van der Waals surface area contributed by atoms with Crippen molar-refractivity contribution in [3.8, 4) is 5.75 Å². The highest BCUT2D eigenvalue weighted by Gasteiger charge is 2.17. The average molecular weight is 310 g/mol. The topological polar surface area (TPSA) is 45.4 Å². The second kappa shape index (κ2) is 5.91. The first kappa shape index (κ1) is 13.5. The van der Waals surface area contributed by atoms with E-state index in [4.69, 9.17) is 21.1 Å². The van der Waals surface area contributed by atoms with Crippen molar-refractivity contribution in [2.24, 2.45) is 0 Å². The number of fused-ring (bicyclic) bond motifs is 1. The molecular weight excluding hydrogens is 298 g/mol. The maximum Gasteiger partial charge on any atom is 0.251 e. The Hall–Kier alpha value is -1.43. The van der Waals surface area contributed by atoms with E-state index in [1.807, 2.05) is 18.2 Å². The molecule has 0 amide bonds. The molecule has 0 spiro atoms. The smallest absolute Gasteiger partial charge is 0.251 e. The maximum absolute atomic E-state index is 11.6. The summed E-state index contributed by atoms with van der Waals surface area (Å²) in [7, 11) is 0. The number of aromatic nitrogens is 1. The van der Waals surface area contributed by atoms with Crippen molar-refractivity contribution < 1.29 is 14.2 Å². The van der Waals surface area contributed by atoms with Crippen molar-refractivity contribution >= 4 is 23.4 Å². The second-order valence-corrected chi connectivity index (χ2v) is 5.75. The predicted molar refractivity (Wildman–Crippen MR) is 76.7 cm³/mol. The predicted octanol–water partition coefficient (Wildman–Crippen LogP) is 3.13. The Labute approximate surface area is 125 Å². The van der Waals surface area contributed by atoms with Crippen LogP contribution in [0, 0.1) is 5.21 Å². The van der Waals surface area contributed by atoms with Crippen LogP contribution in [0.1, 0.15) is 11.1 Å². The van der Waals surface area contributed by atoms with Gasteiger partial charge in [-0.15, -0.1) is 0 Å². The number of ether oxygens (including phenoxy) is 2. The summed E-state index contributed by atoms with van der Waals surface area (Å²) in [5.74, 6) is 1.44. The molecule has 1 aliphatic heterocycles.